The first-order valence-electron chi connectivity index (χ1n) is 7.58. The first kappa shape index (κ1) is 14.0. The number of halogens is 1. The predicted octanol–water partition coefficient (Wildman–Crippen LogP) is 6.26. The Morgan fingerprint density at radius 1 is 0.727 bits per heavy atom. The van der Waals surface area contributed by atoms with Crippen LogP contribution >= 0.6 is 22.6 Å². The van der Waals surface area contributed by atoms with Crippen LogP contribution < -0.4 is 0 Å². The summed E-state index contributed by atoms with van der Waals surface area (Å²) in [7, 11) is 0. The van der Waals surface area contributed by atoms with Gasteiger partial charge >= 0.3 is 0 Å². The maximum Gasteiger partial charge on any atom is 0.0211 e. The normalized spacial score (nSPS) is 14.5. The van der Waals surface area contributed by atoms with E-state index in [1.165, 1.54) is 37.0 Å². The molecule has 3 aromatic rings. The summed E-state index contributed by atoms with van der Waals surface area (Å²) in [5, 5.41) is 0. The van der Waals surface area contributed by atoms with E-state index in [2.05, 4.69) is 103 Å². The summed E-state index contributed by atoms with van der Waals surface area (Å²) >= 11 is 2.46. The van der Waals surface area contributed by atoms with Gasteiger partial charge in [0.25, 0.3) is 0 Å². The molecule has 0 amide bonds. The highest BCUT2D eigenvalue weighted by Gasteiger charge is 2.36. The molecule has 0 radical (unpaired) electrons. The number of rotatable bonds is 1. The van der Waals surface area contributed by atoms with E-state index in [0.29, 0.717) is 0 Å². The lowest BCUT2D eigenvalue weighted by Crippen LogP contribution is -2.15. The lowest BCUT2D eigenvalue weighted by molar-refractivity contribution is 0.660. The summed E-state index contributed by atoms with van der Waals surface area (Å²) < 4.78 is 1.34. The van der Waals surface area contributed by atoms with Gasteiger partial charge in [-0.25, -0.2) is 0 Å². The summed E-state index contributed by atoms with van der Waals surface area (Å²) in [4.78, 5) is 0. The molecule has 0 aromatic heterocycles. The van der Waals surface area contributed by atoms with E-state index in [9.17, 15) is 0 Å². The first-order valence-corrected chi connectivity index (χ1v) is 8.66. The molecule has 4 rings (SSSR count). The van der Waals surface area contributed by atoms with Crippen LogP contribution in [0.3, 0.4) is 0 Å². The maximum absolute atomic E-state index is 2.46. The van der Waals surface area contributed by atoms with Gasteiger partial charge in [-0.05, 0) is 68.1 Å². The molecule has 1 aliphatic carbocycles. The largest absolute Gasteiger partial charge is 0.0622 e. The fourth-order valence-electron chi connectivity index (χ4n) is 3.55. The summed E-state index contributed by atoms with van der Waals surface area (Å²) in [6, 6.07) is 24.2. The maximum atomic E-state index is 2.46. The molecule has 1 aliphatic rings. The van der Waals surface area contributed by atoms with Crippen LogP contribution in [0.5, 0.6) is 0 Å². The number of hydrogen-bond donors (Lipinski definition) is 0. The molecule has 0 saturated carbocycles. The molecule has 0 spiro atoms. The standard InChI is InChI=1S/C21H17I/c1-21(2)17-9-6-10-19(22)20(17)16-12-11-15(13-18(16)21)14-7-4-3-5-8-14/h3-13H,1-2H3. The molecule has 0 saturated heterocycles. The summed E-state index contributed by atoms with van der Waals surface area (Å²) in [6.45, 7) is 4.67. The van der Waals surface area contributed by atoms with Crippen LogP contribution in [0.1, 0.15) is 25.0 Å². The Labute approximate surface area is 145 Å². The molecule has 0 aliphatic heterocycles. The number of hydrogen-bond acceptors (Lipinski definition) is 0. The summed E-state index contributed by atoms with van der Waals surface area (Å²) in [5.41, 5.74) is 8.35. The fourth-order valence-corrected chi connectivity index (χ4v) is 4.34. The SMILES string of the molecule is CC1(C)c2cc(-c3ccccc3)ccc2-c2c(I)cccc21. The van der Waals surface area contributed by atoms with E-state index in [0.717, 1.165) is 0 Å². The van der Waals surface area contributed by atoms with E-state index in [1.807, 2.05) is 0 Å². The van der Waals surface area contributed by atoms with Crippen molar-refractivity contribution in [3.8, 4) is 22.3 Å². The minimum absolute atomic E-state index is 0.0661. The molecular weight excluding hydrogens is 379 g/mol. The highest BCUT2D eigenvalue weighted by Crippen LogP contribution is 2.50. The van der Waals surface area contributed by atoms with Crippen molar-refractivity contribution in [2.45, 2.75) is 19.3 Å². The van der Waals surface area contributed by atoms with Crippen LogP contribution in [0.4, 0.5) is 0 Å². The van der Waals surface area contributed by atoms with Gasteiger partial charge in [-0.15, -0.1) is 0 Å². The highest BCUT2D eigenvalue weighted by molar-refractivity contribution is 14.1. The molecule has 0 fully saturated rings. The zero-order valence-corrected chi connectivity index (χ0v) is 14.9. The third-order valence-corrected chi connectivity index (χ3v) is 5.66. The van der Waals surface area contributed by atoms with Gasteiger partial charge in [-0.1, -0.05) is 68.4 Å². The molecule has 22 heavy (non-hydrogen) atoms. The quantitative estimate of drug-likeness (QED) is 0.426. The fraction of sp³-hybridized carbons (Fsp3) is 0.143. The van der Waals surface area contributed by atoms with Crippen molar-refractivity contribution < 1.29 is 0 Å². The van der Waals surface area contributed by atoms with Crippen molar-refractivity contribution in [2.75, 3.05) is 0 Å². The molecule has 0 heterocycles. The molecule has 0 atom stereocenters. The second-order valence-electron chi connectivity index (χ2n) is 6.41. The Morgan fingerprint density at radius 3 is 2.27 bits per heavy atom. The van der Waals surface area contributed by atoms with Crippen molar-refractivity contribution in [1.82, 2.24) is 0 Å². The Hall–Kier alpha value is -1.61. The van der Waals surface area contributed by atoms with Crippen LogP contribution in [0.25, 0.3) is 22.3 Å². The van der Waals surface area contributed by atoms with E-state index in [-0.39, 0.29) is 5.41 Å². The smallest absolute Gasteiger partial charge is 0.0211 e. The Morgan fingerprint density at radius 2 is 1.50 bits per heavy atom. The minimum Gasteiger partial charge on any atom is -0.0622 e. The van der Waals surface area contributed by atoms with Crippen molar-refractivity contribution >= 4 is 22.6 Å². The molecule has 0 N–H and O–H groups in total. The monoisotopic (exact) mass is 396 g/mol. The first-order chi connectivity index (χ1) is 10.6. The van der Waals surface area contributed by atoms with E-state index < -0.39 is 0 Å². The van der Waals surface area contributed by atoms with Gasteiger partial charge in [0.1, 0.15) is 0 Å². The molecule has 3 aromatic carbocycles. The van der Waals surface area contributed by atoms with Gasteiger partial charge in [-0.2, -0.15) is 0 Å². The van der Waals surface area contributed by atoms with E-state index in [1.54, 1.807) is 0 Å². The minimum atomic E-state index is 0.0661. The van der Waals surface area contributed by atoms with Gasteiger partial charge < -0.3 is 0 Å². The van der Waals surface area contributed by atoms with Crippen LogP contribution in [0.2, 0.25) is 0 Å². The zero-order chi connectivity index (χ0) is 15.3. The number of fused-ring (bicyclic) bond motifs is 3. The van der Waals surface area contributed by atoms with Gasteiger partial charge in [-0.3, -0.25) is 0 Å². The van der Waals surface area contributed by atoms with Crippen molar-refractivity contribution in [3.05, 3.63) is 81.4 Å². The van der Waals surface area contributed by atoms with Crippen molar-refractivity contribution in [2.24, 2.45) is 0 Å². The van der Waals surface area contributed by atoms with Crippen LogP contribution in [0, 0.1) is 3.57 Å². The zero-order valence-electron chi connectivity index (χ0n) is 12.7. The van der Waals surface area contributed by atoms with Crippen molar-refractivity contribution in [1.29, 1.82) is 0 Å². The second-order valence-corrected chi connectivity index (χ2v) is 7.58. The van der Waals surface area contributed by atoms with E-state index >= 15 is 0 Å². The van der Waals surface area contributed by atoms with Gasteiger partial charge in [0, 0.05) is 8.99 Å². The van der Waals surface area contributed by atoms with Crippen LogP contribution in [0.15, 0.2) is 66.7 Å². The molecule has 0 nitrogen and oxygen atoms in total. The molecule has 108 valence electrons. The predicted molar refractivity (Wildman–Crippen MR) is 102 cm³/mol. The van der Waals surface area contributed by atoms with Crippen LogP contribution in [-0.4, -0.2) is 0 Å². The lowest BCUT2D eigenvalue weighted by Gasteiger charge is -2.22. The third kappa shape index (κ3) is 1.95. The van der Waals surface area contributed by atoms with Gasteiger partial charge in [0.05, 0.1) is 0 Å². The Bertz CT molecular complexity index is 860. The second kappa shape index (κ2) is 4.95. The summed E-state index contributed by atoms with van der Waals surface area (Å²) in [6.07, 6.45) is 0. The molecular formula is C21H17I. The highest BCUT2D eigenvalue weighted by atomic mass is 127. The topological polar surface area (TPSA) is 0 Å². The lowest BCUT2D eigenvalue weighted by atomic mass is 9.81. The van der Waals surface area contributed by atoms with Crippen LogP contribution in [-0.2, 0) is 5.41 Å². The average molecular weight is 396 g/mol. The van der Waals surface area contributed by atoms with Gasteiger partial charge in [0.15, 0.2) is 0 Å². The third-order valence-electron chi connectivity index (χ3n) is 4.76. The Kier molecular flexibility index (Phi) is 3.15. The Balaban J connectivity index is 1.97. The van der Waals surface area contributed by atoms with Crippen molar-refractivity contribution in [3.63, 3.8) is 0 Å². The van der Waals surface area contributed by atoms with Gasteiger partial charge in [0.2, 0.25) is 0 Å². The number of benzene rings is 3. The van der Waals surface area contributed by atoms with E-state index in [4.69, 9.17) is 0 Å². The molecule has 1 heteroatoms. The molecule has 0 bridgehead atoms. The molecule has 0 unspecified atom stereocenters. The average Bonchev–Trinajstić information content (AvgIpc) is 2.77. The summed E-state index contributed by atoms with van der Waals surface area (Å²) in [5.74, 6) is 0.